The van der Waals surface area contributed by atoms with Crippen LogP contribution in [0.3, 0.4) is 0 Å². The number of hydrogen-bond acceptors (Lipinski definition) is 6. The Morgan fingerprint density at radius 3 is 2.59 bits per heavy atom. The standard InChI is InChI=1S/C20H36N6OS.HI/c1-21-18(22-13-17-14-28-19(24-17)25(2)3)23-15-20(7-5-4-6-8-20)16-26-9-11-27-12-10-26;/h14H,4-13,15-16H2,1-3H3,(H2,21,22,23);1H. The van der Waals surface area contributed by atoms with E-state index in [1.54, 1.807) is 11.3 Å². The lowest BCUT2D eigenvalue weighted by molar-refractivity contribution is 0.00820. The van der Waals surface area contributed by atoms with Gasteiger partial charge in [0.2, 0.25) is 0 Å². The molecule has 2 aliphatic rings. The quantitative estimate of drug-likeness (QED) is 0.318. The zero-order chi connectivity index (χ0) is 19.8. The van der Waals surface area contributed by atoms with Crippen molar-refractivity contribution in [3.05, 3.63) is 11.1 Å². The zero-order valence-corrected chi connectivity index (χ0v) is 21.2. The van der Waals surface area contributed by atoms with Crippen molar-refractivity contribution in [2.75, 3.05) is 65.4 Å². The van der Waals surface area contributed by atoms with E-state index in [-0.39, 0.29) is 24.0 Å². The van der Waals surface area contributed by atoms with Crippen LogP contribution in [0.5, 0.6) is 0 Å². The Labute approximate surface area is 196 Å². The molecular formula is C20H37IN6OS. The SMILES string of the molecule is CN=C(NCc1csc(N(C)C)n1)NCC1(CN2CCOCC2)CCCCC1.I. The van der Waals surface area contributed by atoms with E-state index in [4.69, 9.17) is 4.74 Å². The Morgan fingerprint density at radius 1 is 1.24 bits per heavy atom. The number of anilines is 1. The van der Waals surface area contributed by atoms with Gasteiger partial charge in [0.05, 0.1) is 25.5 Å². The molecule has 1 saturated carbocycles. The summed E-state index contributed by atoms with van der Waals surface area (Å²) in [7, 11) is 5.89. The Kier molecular flexibility index (Phi) is 10.4. The first-order valence-corrected chi connectivity index (χ1v) is 11.3. The molecule has 0 spiro atoms. The predicted octanol–water partition coefficient (Wildman–Crippen LogP) is 2.77. The third-order valence-electron chi connectivity index (χ3n) is 5.79. The van der Waals surface area contributed by atoms with Crippen molar-refractivity contribution in [1.29, 1.82) is 0 Å². The van der Waals surface area contributed by atoms with Gasteiger partial charge in [0.15, 0.2) is 11.1 Å². The molecule has 0 aromatic carbocycles. The lowest BCUT2D eigenvalue weighted by Crippen LogP contribution is -2.51. The summed E-state index contributed by atoms with van der Waals surface area (Å²) in [5.74, 6) is 0.867. The summed E-state index contributed by atoms with van der Waals surface area (Å²) in [5, 5.41) is 10.2. The first kappa shape index (κ1) is 24.6. The second-order valence-corrected chi connectivity index (χ2v) is 9.08. The third-order valence-corrected chi connectivity index (χ3v) is 6.85. The van der Waals surface area contributed by atoms with Crippen molar-refractivity contribution in [1.82, 2.24) is 20.5 Å². The summed E-state index contributed by atoms with van der Waals surface area (Å²) in [6.07, 6.45) is 6.64. The summed E-state index contributed by atoms with van der Waals surface area (Å²) < 4.78 is 5.53. The number of ether oxygens (including phenoxy) is 1. The van der Waals surface area contributed by atoms with Crippen LogP contribution >= 0.6 is 35.3 Å². The molecule has 9 heteroatoms. The zero-order valence-electron chi connectivity index (χ0n) is 18.1. The van der Waals surface area contributed by atoms with Crippen molar-refractivity contribution in [2.24, 2.45) is 10.4 Å². The Hall–Kier alpha value is -0.650. The molecule has 0 amide bonds. The van der Waals surface area contributed by atoms with E-state index in [2.05, 4.69) is 30.9 Å². The molecule has 1 aromatic heterocycles. The van der Waals surface area contributed by atoms with Crippen LogP contribution in [0.15, 0.2) is 10.4 Å². The topological polar surface area (TPSA) is 65.0 Å². The number of halogens is 1. The summed E-state index contributed by atoms with van der Waals surface area (Å²) in [6, 6.07) is 0. The highest BCUT2D eigenvalue weighted by molar-refractivity contribution is 14.0. The van der Waals surface area contributed by atoms with Gasteiger partial charge in [-0.25, -0.2) is 4.98 Å². The average molecular weight is 537 g/mol. The number of nitrogens with zero attached hydrogens (tertiary/aromatic N) is 4. The number of morpholine rings is 1. The van der Waals surface area contributed by atoms with Gasteiger partial charge < -0.3 is 20.3 Å². The van der Waals surface area contributed by atoms with Crippen LogP contribution in [0.25, 0.3) is 0 Å². The number of aromatic nitrogens is 1. The average Bonchev–Trinajstić information content (AvgIpc) is 3.19. The summed E-state index contributed by atoms with van der Waals surface area (Å²) >= 11 is 1.67. The first-order chi connectivity index (χ1) is 13.6. The van der Waals surface area contributed by atoms with Gasteiger partial charge in [0, 0.05) is 58.1 Å². The Morgan fingerprint density at radius 2 is 1.97 bits per heavy atom. The molecule has 2 fully saturated rings. The fraction of sp³-hybridized carbons (Fsp3) is 0.800. The van der Waals surface area contributed by atoms with Crippen LogP contribution in [0, 0.1) is 5.41 Å². The first-order valence-electron chi connectivity index (χ1n) is 10.5. The molecule has 1 aliphatic carbocycles. The lowest BCUT2D eigenvalue weighted by Gasteiger charge is -2.42. The van der Waals surface area contributed by atoms with Gasteiger partial charge in [-0.2, -0.15) is 0 Å². The summed E-state index contributed by atoms with van der Waals surface area (Å²) in [6.45, 7) is 6.70. The highest BCUT2D eigenvalue weighted by Crippen LogP contribution is 2.36. The fourth-order valence-electron chi connectivity index (χ4n) is 4.18. The van der Waals surface area contributed by atoms with Gasteiger partial charge in [-0.15, -0.1) is 35.3 Å². The minimum absolute atomic E-state index is 0. The van der Waals surface area contributed by atoms with E-state index in [1.165, 1.54) is 38.6 Å². The summed E-state index contributed by atoms with van der Waals surface area (Å²) in [4.78, 5) is 13.7. The molecule has 2 N–H and O–H groups in total. The molecule has 0 atom stereocenters. The fourth-order valence-corrected chi connectivity index (χ4v) is 4.93. The van der Waals surface area contributed by atoms with Crippen LogP contribution in [0.4, 0.5) is 5.13 Å². The molecule has 29 heavy (non-hydrogen) atoms. The van der Waals surface area contributed by atoms with Crippen molar-refractivity contribution >= 4 is 46.4 Å². The molecule has 1 aliphatic heterocycles. The maximum atomic E-state index is 5.53. The smallest absolute Gasteiger partial charge is 0.191 e. The molecule has 1 aromatic rings. The molecule has 0 bridgehead atoms. The monoisotopic (exact) mass is 536 g/mol. The minimum Gasteiger partial charge on any atom is -0.379 e. The van der Waals surface area contributed by atoms with Crippen LogP contribution in [-0.4, -0.2) is 76.4 Å². The highest BCUT2D eigenvalue weighted by atomic mass is 127. The van der Waals surface area contributed by atoms with Crippen molar-refractivity contribution in [2.45, 2.75) is 38.6 Å². The number of thiazole rings is 1. The third kappa shape index (κ3) is 7.52. The summed E-state index contributed by atoms with van der Waals surface area (Å²) in [5.41, 5.74) is 1.39. The molecule has 7 nitrogen and oxygen atoms in total. The van der Waals surface area contributed by atoms with E-state index in [1.807, 2.05) is 26.0 Å². The molecule has 2 heterocycles. The van der Waals surface area contributed by atoms with E-state index in [9.17, 15) is 0 Å². The normalized spacial score (nSPS) is 20.0. The number of nitrogens with one attached hydrogen (secondary N) is 2. The Balaban J connectivity index is 0.00000300. The van der Waals surface area contributed by atoms with Crippen molar-refractivity contribution in [3.63, 3.8) is 0 Å². The van der Waals surface area contributed by atoms with Gasteiger partial charge in [-0.1, -0.05) is 19.3 Å². The predicted molar refractivity (Wildman–Crippen MR) is 133 cm³/mol. The van der Waals surface area contributed by atoms with E-state index >= 15 is 0 Å². The lowest BCUT2D eigenvalue weighted by atomic mass is 9.73. The molecule has 0 unspecified atom stereocenters. The Bertz CT molecular complexity index is 626. The molecule has 166 valence electrons. The van der Waals surface area contributed by atoms with Gasteiger partial charge in [-0.3, -0.25) is 9.89 Å². The number of rotatable bonds is 7. The van der Waals surface area contributed by atoms with E-state index < -0.39 is 0 Å². The maximum Gasteiger partial charge on any atom is 0.191 e. The van der Waals surface area contributed by atoms with E-state index in [0.717, 1.165) is 49.6 Å². The maximum absolute atomic E-state index is 5.53. The highest BCUT2D eigenvalue weighted by Gasteiger charge is 2.34. The molecular weight excluding hydrogens is 499 g/mol. The van der Waals surface area contributed by atoms with Gasteiger partial charge in [-0.05, 0) is 12.8 Å². The molecule has 1 saturated heterocycles. The van der Waals surface area contributed by atoms with Crippen molar-refractivity contribution in [3.8, 4) is 0 Å². The van der Waals surface area contributed by atoms with Crippen LogP contribution in [0.2, 0.25) is 0 Å². The second kappa shape index (κ2) is 12.3. The largest absolute Gasteiger partial charge is 0.379 e. The van der Waals surface area contributed by atoms with E-state index in [0.29, 0.717) is 12.0 Å². The molecule has 0 radical (unpaired) electrons. The number of hydrogen-bond donors (Lipinski definition) is 2. The van der Waals surface area contributed by atoms with Crippen LogP contribution in [0.1, 0.15) is 37.8 Å². The second-order valence-electron chi connectivity index (χ2n) is 8.24. The van der Waals surface area contributed by atoms with Crippen molar-refractivity contribution < 1.29 is 4.74 Å². The van der Waals surface area contributed by atoms with Gasteiger partial charge >= 0.3 is 0 Å². The van der Waals surface area contributed by atoms with Crippen LogP contribution < -0.4 is 15.5 Å². The van der Waals surface area contributed by atoms with Crippen LogP contribution in [-0.2, 0) is 11.3 Å². The van der Waals surface area contributed by atoms with Gasteiger partial charge in [0.1, 0.15) is 0 Å². The van der Waals surface area contributed by atoms with Gasteiger partial charge in [0.25, 0.3) is 0 Å². The number of guanidine groups is 1. The molecule has 3 rings (SSSR count). The number of aliphatic imine (C=N–C) groups is 1. The minimum atomic E-state index is 0.